The molecule has 0 atom stereocenters. The smallest absolute Gasteiger partial charge is 0.339 e. The van der Waals surface area contributed by atoms with Gasteiger partial charge in [-0.05, 0) is 31.2 Å². The fourth-order valence-corrected chi connectivity index (χ4v) is 3.58. The molecule has 0 unspecified atom stereocenters. The monoisotopic (exact) mass is 392 g/mol. The summed E-state index contributed by atoms with van der Waals surface area (Å²) in [5, 5.41) is 0. The Morgan fingerprint density at radius 2 is 1.81 bits per heavy atom. The zero-order valence-corrected chi connectivity index (χ0v) is 16.0. The molecule has 9 heteroatoms. The molecule has 144 valence electrons. The van der Waals surface area contributed by atoms with E-state index in [4.69, 9.17) is 9.15 Å². The fraction of sp³-hybridized carbons (Fsp3) is 0.333. The van der Waals surface area contributed by atoms with Gasteiger partial charge >= 0.3 is 5.63 Å². The zero-order chi connectivity index (χ0) is 19.8. The third-order valence-electron chi connectivity index (χ3n) is 4.19. The lowest BCUT2D eigenvalue weighted by molar-refractivity contribution is 0.0175. The van der Waals surface area contributed by atoms with Crippen LogP contribution >= 0.6 is 0 Å². The molecule has 2 heterocycles. The standard InChI is InChI=1S/C18H20N2O6S/c1-12-8-14(9-17(21)25-12)26-15-10-20(11-15)18(22)13-4-6-16(7-5-13)27(23,24)19(2)3/h4-9,15H,10-11H2,1-3H3. The van der Waals surface area contributed by atoms with E-state index >= 15 is 0 Å². The highest BCUT2D eigenvalue weighted by atomic mass is 32.2. The van der Waals surface area contributed by atoms with Crippen molar-refractivity contribution in [2.24, 2.45) is 0 Å². The molecule has 1 aromatic carbocycles. The summed E-state index contributed by atoms with van der Waals surface area (Å²) in [4.78, 5) is 25.5. The molecular formula is C18H20N2O6S. The Morgan fingerprint density at radius 3 is 2.37 bits per heavy atom. The normalized spacial score (nSPS) is 14.9. The van der Waals surface area contributed by atoms with Crippen LogP contribution in [0.15, 0.2) is 50.5 Å². The van der Waals surface area contributed by atoms with Gasteiger partial charge in [-0.3, -0.25) is 4.79 Å². The van der Waals surface area contributed by atoms with Crippen molar-refractivity contribution in [2.75, 3.05) is 27.2 Å². The van der Waals surface area contributed by atoms with Crippen LogP contribution in [0.25, 0.3) is 0 Å². The highest BCUT2D eigenvalue weighted by Crippen LogP contribution is 2.21. The number of rotatable bonds is 5. The molecule has 0 radical (unpaired) electrons. The predicted octanol–water partition coefficient (Wildman–Crippen LogP) is 1.10. The van der Waals surface area contributed by atoms with Crippen molar-refractivity contribution in [3.8, 4) is 5.75 Å². The second-order valence-electron chi connectivity index (χ2n) is 6.48. The minimum Gasteiger partial charge on any atom is -0.486 e. The predicted molar refractivity (Wildman–Crippen MR) is 97.3 cm³/mol. The number of aryl methyl sites for hydroxylation is 1. The second kappa shape index (κ2) is 7.16. The summed E-state index contributed by atoms with van der Waals surface area (Å²) in [5.74, 6) is 0.670. The van der Waals surface area contributed by atoms with Gasteiger partial charge in [-0.1, -0.05) is 0 Å². The molecule has 0 spiro atoms. The molecule has 1 aliphatic heterocycles. The first-order valence-electron chi connectivity index (χ1n) is 8.27. The average molecular weight is 392 g/mol. The van der Waals surface area contributed by atoms with Gasteiger partial charge in [0, 0.05) is 25.7 Å². The van der Waals surface area contributed by atoms with E-state index in [-0.39, 0.29) is 16.9 Å². The van der Waals surface area contributed by atoms with E-state index in [2.05, 4.69) is 0 Å². The number of nitrogens with zero attached hydrogens (tertiary/aromatic N) is 2. The molecule has 1 amide bonds. The zero-order valence-electron chi connectivity index (χ0n) is 15.2. The number of hydrogen-bond acceptors (Lipinski definition) is 6. The van der Waals surface area contributed by atoms with E-state index in [0.717, 1.165) is 4.31 Å². The highest BCUT2D eigenvalue weighted by molar-refractivity contribution is 7.89. The van der Waals surface area contributed by atoms with Gasteiger partial charge in [-0.25, -0.2) is 17.5 Å². The number of likely N-dealkylation sites (tertiary alicyclic amines) is 1. The summed E-state index contributed by atoms with van der Waals surface area (Å²) in [6.45, 7) is 2.43. The van der Waals surface area contributed by atoms with Crippen LogP contribution in [0, 0.1) is 6.92 Å². The molecule has 1 aliphatic rings. The van der Waals surface area contributed by atoms with Gasteiger partial charge in [-0.15, -0.1) is 0 Å². The first kappa shape index (κ1) is 19.1. The van der Waals surface area contributed by atoms with E-state index in [1.807, 2.05) is 0 Å². The van der Waals surface area contributed by atoms with Crippen molar-refractivity contribution < 1.29 is 22.4 Å². The maximum atomic E-state index is 12.5. The van der Waals surface area contributed by atoms with E-state index in [1.54, 1.807) is 17.9 Å². The van der Waals surface area contributed by atoms with Crippen LogP contribution in [0.2, 0.25) is 0 Å². The van der Waals surface area contributed by atoms with Crippen LogP contribution in [-0.4, -0.2) is 56.8 Å². The van der Waals surface area contributed by atoms with Crippen molar-refractivity contribution >= 4 is 15.9 Å². The SMILES string of the molecule is Cc1cc(OC2CN(C(=O)c3ccc(S(=O)(=O)N(C)C)cc3)C2)cc(=O)o1. The number of carbonyl (C=O) groups excluding carboxylic acids is 1. The summed E-state index contributed by atoms with van der Waals surface area (Å²) >= 11 is 0. The summed E-state index contributed by atoms with van der Waals surface area (Å²) in [7, 11) is -0.624. The number of hydrogen-bond donors (Lipinski definition) is 0. The van der Waals surface area contributed by atoms with Gasteiger partial charge < -0.3 is 14.1 Å². The van der Waals surface area contributed by atoms with Crippen LogP contribution in [0.5, 0.6) is 5.75 Å². The van der Waals surface area contributed by atoms with E-state index < -0.39 is 15.6 Å². The Morgan fingerprint density at radius 1 is 1.19 bits per heavy atom. The Bertz CT molecular complexity index is 1000. The lowest BCUT2D eigenvalue weighted by Gasteiger charge is -2.39. The van der Waals surface area contributed by atoms with Crippen molar-refractivity contribution in [1.29, 1.82) is 0 Å². The Kier molecular flexibility index (Phi) is 5.07. The molecule has 27 heavy (non-hydrogen) atoms. The van der Waals surface area contributed by atoms with Crippen molar-refractivity contribution in [1.82, 2.24) is 9.21 Å². The third-order valence-corrected chi connectivity index (χ3v) is 6.01. The summed E-state index contributed by atoms with van der Waals surface area (Å²) in [5.41, 5.74) is -0.0765. The Balaban J connectivity index is 1.61. The first-order chi connectivity index (χ1) is 12.7. The topological polar surface area (TPSA) is 97.1 Å². The Labute approximate surface area is 157 Å². The number of sulfonamides is 1. The lowest BCUT2D eigenvalue weighted by Crippen LogP contribution is -2.56. The maximum absolute atomic E-state index is 12.5. The molecule has 8 nitrogen and oxygen atoms in total. The van der Waals surface area contributed by atoms with E-state index in [0.29, 0.717) is 30.2 Å². The minimum atomic E-state index is -3.53. The van der Waals surface area contributed by atoms with E-state index in [1.165, 1.54) is 44.4 Å². The van der Waals surface area contributed by atoms with Crippen LogP contribution in [0.4, 0.5) is 0 Å². The molecule has 0 saturated carbocycles. The fourth-order valence-electron chi connectivity index (χ4n) is 2.68. The quantitative estimate of drug-likeness (QED) is 0.756. The molecule has 3 rings (SSSR count). The molecule has 0 bridgehead atoms. The molecule has 2 aromatic rings. The second-order valence-corrected chi connectivity index (χ2v) is 8.64. The van der Waals surface area contributed by atoms with Gasteiger partial charge in [0.25, 0.3) is 5.91 Å². The minimum absolute atomic E-state index is 0.132. The van der Waals surface area contributed by atoms with E-state index in [9.17, 15) is 18.0 Å². The van der Waals surface area contributed by atoms with Crippen LogP contribution < -0.4 is 10.4 Å². The number of ether oxygens (including phenoxy) is 1. The molecule has 0 N–H and O–H groups in total. The molecule has 0 aliphatic carbocycles. The first-order valence-corrected chi connectivity index (χ1v) is 9.71. The molecule has 1 saturated heterocycles. The van der Waals surface area contributed by atoms with Gasteiger partial charge in [0.1, 0.15) is 17.6 Å². The largest absolute Gasteiger partial charge is 0.486 e. The van der Waals surface area contributed by atoms with Crippen LogP contribution in [-0.2, 0) is 10.0 Å². The molecular weight excluding hydrogens is 372 g/mol. The van der Waals surface area contributed by atoms with Crippen molar-refractivity contribution in [3.63, 3.8) is 0 Å². The maximum Gasteiger partial charge on any atom is 0.339 e. The van der Waals surface area contributed by atoms with Crippen LogP contribution in [0.3, 0.4) is 0 Å². The van der Waals surface area contributed by atoms with Crippen molar-refractivity contribution in [3.05, 3.63) is 58.1 Å². The van der Waals surface area contributed by atoms with Gasteiger partial charge in [0.15, 0.2) is 0 Å². The summed E-state index contributed by atoms with van der Waals surface area (Å²) in [6.07, 6.45) is -0.205. The summed E-state index contributed by atoms with van der Waals surface area (Å²) in [6, 6.07) is 8.72. The molecule has 1 fully saturated rings. The number of benzene rings is 1. The lowest BCUT2D eigenvalue weighted by atomic mass is 10.1. The van der Waals surface area contributed by atoms with Gasteiger partial charge in [-0.2, -0.15) is 0 Å². The third kappa shape index (κ3) is 4.04. The van der Waals surface area contributed by atoms with Gasteiger partial charge in [0.2, 0.25) is 10.0 Å². The average Bonchev–Trinajstić information content (AvgIpc) is 2.56. The highest BCUT2D eigenvalue weighted by Gasteiger charge is 2.33. The van der Waals surface area contributed by atoms with Crippen molar-refractivity contribution in [2.45, 2.75) is 17.9 Å². The Hall–Kier alpha value is -2.65. The number of amides is 1. The van der Waals surface area contributed by atoms with Crippen LogP contribution in [0.1, 0.15) is 16.1 Å². The summed E-state index contributed by atoms with van der Waals surface area (Å²) < 4.78 is 35.8. The van der Waals surface area contributed by atoms with Gasteiger partial charge in [0.05, 0.1) is 24.1 Å². The molecule has 1 aromatic heterocycles. The number of carbonyl (C=O) groups is 1.